The molecular formula is C12H15N5O3. The maximum Gasteiger partial charge on any atom is 0.329 e. The summed E-state index contributed by atoms with van der Waals surface area (Å²) < 4.78 is 5.16. The van der Waals surface area contributed by atoms with E-state index >= 15 is 0 Å². The number of hydrogen-bond acceptors (Lipinski definition) is 7. The Hall–Kier alpha value is -2.64. The first-order valence-corrected chi connectivity index (χ1v) is 6.22. The maximum absolute atomic E-state index is 11.0. The molecule has 2 heterocycles. The lowest BCUT2D eigenvalue weighted by molar-refractivity contribution is -0.384. The van der Waals surface area contributed by atoms with Crippen LogP contribution in [-0.2, 0) is 6.54 Å². The van der Waals surface area contributed by atoms with E-state index in [1.165, 1.54) is 6.20 Å². The highest BCUT2D eigenvalue weighted by molar-refractivity contribution is 5.56. The zero-order valence-electron chi connectivity index (χ0n) is 11.0. The van der Waals surface area contributed by atoms with Crippen LogP contribution in [0.15, 0.2) is 29.0 Å². The quantitative estimate of drug-likeness (QED) is 0.591. The third-order valence-electron chi connectivity index (χ3n) is 2.51. The molecule has 0 saturated carbocycles. The van der Waals surface area contributed by atoms with E-state index in [1.807, 2.05) is 6.92 Å². The van der Waals surface area contributed by atoms with Crippen LogP contribution in [0.1, 0.15) is 19.1 Å². The van der Waals surface area contributed by atoms with Crippen molar-refractivity contribution in [3.8, 4) is 0 Å². The van der Waals surface area contributed by atoms with Gasteiger partial charge in [-0.15, -0.1) is 0 Å². The lowest BCUT2D eigenvalue weighted by Gasteiger charge is -2.07. The molecule has 8 nitrogen and oxygen atoms in total. The highest BCUT2D eigenvalue weighted by atomic mass is 16.6. The second-order valence-corrected chi connectivity index (χ2v) is 4.04. The fourth-order valence-electron chi connectivity index (χ4n) is 1.55. The van der Waals surface area contributed by atoms with Gasteiger partial charge in [-0.25, -0.2) is 4.98 Å². The SMILES string of the molecule is CCCNc1ncc([N+](=O)[O-])c(NCc2ccco2)n1. The van der Waals surface area contributed by atoms with E-state index in [1.54, 1.807) is 18.4 Å². The molecule has 0 aliphatic carbocycles. The lowest BCUT2D eigenvalue weighted by atomic mass is 10.4. The molecule has 20 heavy (non-hydrogen) atoms. The maximum atomic E-state index is 11.0. The number of rotatable bonds is 7. The average Bonchev–Trinajstić information content (AvgIpc) is 2.96. The van der Waals surface area contributed by atoms with E-state index in [0.717, 1.165) is 6.42 Å². The Balaban J connectivity index is 2.15. The topological polar surface area (TPSA) is 106 Å². The summed E-state index contributed by atoms with van der Waals surface area (Å²) >= 11 is 0. The van der Waals surface area contributed by atoms with E-state index in [2.05, 4.69) is 20.6 Å². The van der Waals surface area contributed by atoms with Gasteiger partial charge in [0, 0.05) is 6.54 Å². The minimum atomic E-state index is -0.520. The third kappa shape index (κ3) is 3.44. The molecule has 0 spiro atoms. The first-order valence-electron chi connectivity index (χ1n) is 6.22. The number of aromatic nitrogens is 2. The highest BCUT2D eigenvalue weighted by Crippen LogP contribution is 2.22. The minimum Gasteiger partial charge on any atom is -0.467 e. The molecule has 0 saturated heterocycles. The van der Waals surface area contributed by atoms with Gasteiger partial charge in [0.25, 0.3) is 0 Å². The van der Waals surface area contributed by atoms with Crippen LogP contribution in [0, 0.1) is 10.1 Å². The predicted octanol–water partition coefficient (Wildman–Crippen LogP) is 2.41. The summed E-state index contributed by atoms with van der Waals surface area (Å²) in [5.41, 5.74) is -0.168. The smallest absolute Gasteiger partial charge is 0.329 e. The van der Waals surface area contributed by atoms with E-state index in [9.17, 15) is 10.1 Å². The molecule has 2 N–H and O–H groups in total. The number of anilines is 2. The van der Waals surface area contributed by atoms with Crippen molar-refractivity contribution in [1.82, 2.24) is 9.97 Å². The Bertz CT molecular complexity index is 570. The van der Waals surface area contributed by atoms with Gasteiger partial charge in [0.15, 0.2) is 0 Å². The fourth-order valence-corrected chi connectivity index (χ4v) is 1.55. The van der Waals surface area contributed by atoms with Gasteiger partial charge in [-0.3, -0.25) is 10.1 Å². The molecule has 0 fully saturated rings. The standard InChI is InChI=1S/C12H15N5O3/c1-2-5-13-12-15-8-10(17(18)19)11(16-12)14-7-9-4-3-6-20-9/h3-4,6,8H,2,5,7H2,1H3,(H2,13,14,15,16). The van der Waals surface area contributed by atoms with Crippen LogP contribution in [0.4, 0.5) is 17.5 Å². The van der Waals surface area contributed by atoms with Crippen LogP contribution in [0.5, 0.6) is 0 Å². The van der Waals surface area contributed by atoms with E-state index in [0.29, 0.717) is 24.8 Å². The summed E-state index contributed by atoms with van der Waals surface area (Å²) in [7, 11) is 0. The number of furan rings is 1. The first-order chi connectivity index (χ1) is 9.70. The van der Waals surface area contributed by atoms with Gasteiger partial charge in [-0.05, 0) is 18.6 Å². The van der Waals surface area contributed by atoms with Crippen molar-refractivity contribution < 1.29 is 9.34 Å². The molecule has 0 aromatic carbocycles. The zero-order chi connectivity index (χ0) is 14.4. The van der Waals surface area contributed by atoms with Gasteiger partial charge in [-0.1, -0.05) is 6.92 Å². The molecule has 2 aromatic rings. The summed E-state index contributed by atoms with van der Waals surface area (Å²) in [5, 5.41) is 16.8. The Morgan fingerprint density at radius 2 is 2.30 bits per heavy atom. The van der Waals surface area contributed by atoms with Crippen LogP contribution in [-0.4, -0.2) is 21.4 Å². The molecule has 0 aliphatic rings. The van der Waals surface area contributed by atoms with Crippen molar-refractivity contribution in [2.45, 2.75) is 19.9 Å². The zero-order valence-corrected chi connectivity index (χ0v) is 11.0. The molecule has 0 atom stereocenters. The molecule has 0 unspecified atom stereocenters. The van der Waals surface area contributed by atoms with Gasteiger partial charge in [0.1, 0.15) is 12.0 Å². The monoisotopic (exact) mass is 277 g/mol. The molecule has 0 radical (unpaired) electrons. The Labute approximate surface area is 115 Å². The van der Waals surface area contributed by atoms with Crippen LogP contribution in [0.2, 0.25) is 0 Å². The van der Waals surface area contributed by atoms with Crippen molar-refractivity contribution in [3.63, 3.8) is 0 Å². The first kappa shape index (κ1) is 13.8. The van der Waals surface area contributed by atoms with E-state index < -0.39 is 4.92 Å². The van der Waals surface area contributed by atoms with Crippen molar-refractivity contribution in [2.24, 2.45) is 0 Å². The van der Waals surface area contributed by atoms with Crippen LogP contribution < -0.4 is 10.6 Å². The Morgan fingerprint density at radius 3 is 2.95 bits per heavy atom. The molecule has 106 valence electrons. The van der Waals surface area contributed by atoms with Gasteiger partial charge in [0.05, 0.1) is 17.7 Å². The van der Waals surface area contributed by atoms with Gasteiger partial charge >= 0.3 is 5.69 Å². The van der Waals surface area contributed by atoms with Crippen molar-refractivity contribution in [1.29, 1.82) is 0 Å². The molecule has 0 aliphatic heterocycles. The number of nitrogens with zero attached hydrogens (tertiary/aromatic N) is 3. The van der Waals surface area contributed by atoms with E-state index in [-0.39, 0.29) is 11.5 Å². The van der Waals surface area contributed by atoms with Crippen molar-refractivity contribution in [2.75, 3.05) is 17.2 Å². The molecular weight excluding hydrogens is 262 g/mol. The van der Waals surface area contributed by atoms with Crippen LogP contribution in [0.25, 0.3) is 0 Å². The summed E-state index contributed by atoms with van der Waals surface area (Å²) in [6, 6.07) is 3.52. The summed E-state index contributed by atoms with van der Waals surface area (Å²) in [6.07, 6.45) is 3.64. The Kier molecular flexibility index (Phi) is 4.48. The van der Waals surface area contributed by atoms with Crippen LogP contribution >= 0.6 is 0 Å². The largest absolute Gasteiger partial charge is 0.467 e. The minimum absolute atomic E-state index is 0.167. The summed E-state index contributed by atoms with van der Waals surface area (Å²) in [5.74, 6) is 1.19. The lowest BCUT2D eigenvalue weighted by Crippen LogP contribution is -2.09. The Morgan fingerprint density at radius 1 is 1.45 bits per heavy atom. The van der Waals surface area contributed by atoms with Crippen molar-refractivity contribution >= 4 is 17.5 Å². The number of hydrogen-bond donors (Lipinski definition) is 2. The van der Waals surface area contributed by atoms with Gasteiger partial charge < -0.3 is 15.1 Å². The predicted molar refractivity (Wildman–Crippen MR) is 73.5 cm³/mol. The van der Waals surface area contributed by atoms with E-state index in [4.69, 9.17) is 4.42 Å². The highest BCUT2D eigenvalue weighted by Gasteiger charge is 2.17. The second kappa shape index (κ2) is 6.50. The summed E-state index contributed by atoms with van der Waals surface area (Å²) in [6.45, 7) is 3.03. The molecule has 0 bridgehead atoms. The third-order valence-corrected chi connectivity index (χ3v) is 2.51. The summed E-state index contributed by atoms with van der Waals surface area (Å²) in [4.78, 5) is 18.5. The van der Waals surface area contributed by atoms with Gasteiger partial charge in [0.2, 0.25) is 11.8 Å². The fraction of sp³-hybridized carbons (Fsp3) is 0.333. The van der Waals surface area contributed by atoms with Crippen molar-refractivity contribution in [3.05, 3.63) is 40.5 Å². The normalized spacial score (nSPS) is 10.2. The molecule has 2 rings (SSSR count). The second-order valence-electron chi connectivity index (χ2n) is 4.04. The molecule has 2 aromatic heterocycles. The van der Waals surface area contributed by atoms with Crippen LogP contribution in [0.3, 0.4) is 0 Å². The number of nitrogens with one attached hydrogen (secondary N) is 2. The number of nitro groups is 1. The van der Waals surface area contributed by atoms with Gasteiger partial charge in [-0.2, -0.15) is 4.98 Å². The molecule has 8 heteroatoms. The average molecular weight is 277 g/mol. The molecule has 0 amide bonds.